The second kappa shape index (κ2) is 35.3. The molecule has 0 N–H and O–H groups in total. The molecule has 38 nitrogen and oxygen atoms in total. The zero-order chi connectivity index (χ0) is 74.3. The van der Waals surface area contributed by atoms with Crippen LogP contribution in [0.5, 0.6) is 0 Å². The van der Waals surface area contributed by atoms with Crippen LogP contribution in [0.3, 0.4) is 0 Å². The Labute approximate surface area is 567 Å². The minimum Gasteiger partial charge on any atom is -0.463 e. The Bertz CT molecular complexity index is 3120. The maximum absolute atomic E-state index is 15.2. The number of ketones is 2. The summed E-state index contributed by atoms with van der Waals surface area (Å²) < 4.78 is 128. The van der Waals surface area contributed by atoms with Crippen molar-refractivity contribution in [2.24, 2.45) is 0 Å². The molecule has 0 saturated carbocycles. The molecule has 4 heterocycles. The fraction of sp³-hybridized carbons (Fsp3) is 0.613. The van der Waals surface area contributed by atoms with E-state index >= 15 is 9.59 Å². The molecule has 0 radical (unpaired) electrons. The zero-order valence-electron chi connectivity index (χ0n) is 56.2. The number of hydrogen-bond donors (Lipinski definition) is 0. The highest BCUT2D eigenvalue weighted by molar-refractivity contribution is 6.25. The molecule has 20 unspecified atom stereocenters. The summed E-state index contributed by atoms with van der Waals surface area (Å²) in [6.07, 6.45) is -40.5. The molecule has 4 saturated heterocycles. The van der Waals surface area contributed by atoms with Crippen LogP contribution < -0.4 is 0 Å². The molecule has 5 aliphatic rings. The van der Waals surface area contributed by atoms with Crippen LogP contribution in [0.4, 0.5) is 0 Å². The summed E-state index contributed by atoms with van der Waals surface area (Å²) in [4.78, 5) is 210. The maximum atomic E-state index is 15.2. The van der Waals surface area contributed by atoms with Gasteiger partial charge < -0.3 is 104 Å². The third-order valence-electron chi connectivity index (χ3n) is 14.3. The second-order valence-electron chi connectivity index (χ2n) is 22.4. The van der Waals surface area contributed by atoms with Gasteiger partial charge in [-0.2, -0.15) is 0 Å². The van der Waals surface area contributed by atoms with E-state index < -0.39 is 267 Å². The van der Waals surface area contributed by atoms with Crippen molar-refractivity contribution >= 4 is 95.1 Å². The maximum Gasteiger partial charge on any atom is 0.303 e. The van der Waals surface area contributed by atoms with E-state index in [4.69, 9.17) is 104 Å². The number of carbonyl (C=O) groups excluding carboxylic acids is 16. The normalized spacial score (nSPS) is 29.9. The van der Waals surface area contributed by atoms with Crippen LogP contribution in [0.1, 0.15) is 118 Å². The standard InChI is InChI=1S/C62H74O38/c1-23(63)79-19-39-45(83-27(5)67)51(85-29(7)69)55(89-33(11)73)59(93-39)97-47-41(21-81-25(3)65)95-61(57(91-35(13)75)53(47)87-31(9)71)99-49-43(77)37-17-15-16-18-38(37)44(78)50(49)100-62-58(92-36(14)76)54(88-32(10)72)48(42(96-62)22-82-26(4)66)98-60-56(90-34(12)74)52(86-30(8)70)46(84-28(6)68)40(94-60)20-80-24(2)64/h15-18,39-42,45-48,51-62H,19-22H2,1-14H3. The third-order valence-corrected chi connectivity index (χ3v) is 14.3. The number of carbonyl (C=O) groups is 16. The third kappa shape index (κ3) is 21.4. The van der Waals surface area contributed by atoms with Gasteiger partial charge in [0, 0.05) is 108 Å². The van der Waals surface area contributed by atoms with Crippen molar-refractivity contribution in [2.75, 3.05) is 26.4 Å². The largest absolute Gasteiger partial charge is 0.463 e. The predicted octanol–water partition coefficient (Wildman–Crippen LogP) is -0.450. The highest BCUT2D eigenvalue weighted by atomic mass is 16.8. The van der Waals surface area contributed by atoms with Gasteiger partial charge in [-0.3, -0.25) is 76.7 Å². The van der Waals surface area contributed by atoms with Gasteiger partial charge in [0.1, 0.15) is 63.1 Å². The zero-order valence-corrected chi connectivity index (χ0v) is 56.2. The Kier molecular flexibility index (Phi) is 28.0. The average molecular weight is 1430 g/mol. The molecule has 1 aliphatic carbocycles. The van der Waals surface area contributed by atoms with Gasteiger partial charge in [-0.1, -0.05) is 24.3 Å². The first-order valence-corrected chi connectivity index (χ1v) is 30.4. The highest BCUT2D eigenvalue weighted by Crippen LogP contribution is 2.41. The number of hydrogen-bond acceptors (Lipinski definition) is 38. The van der Waals surface area contributed by atoms with Crippen LogP contribution in [-0.4, -0.2) is 244 Å². The van der Waals surface area contributed by atoms with Gasteiger partial charge in [0.05, 0.1) is 0 Å². The quantitative estimate of drug-likeness (QED) is 0.0837. The lowest BCUT2D eigenvalue weighted by atomic mass is 9.91. The molecule has 1 aromatic carbocycles. The van der Waals surface area contributed by atoms with Gasteiger partial charge >= 0.3 is 83.6 Å². The summed E-state index contributed by atoms with van der Waals surface area (Å²) in [6, 6.07) is 4.96. The molecule has 20 atom stereocenters. The minimum absolute atomic E-state index is 0.419. The highest BCUT2D eigenvalue weighted by Gasteiger charge is 2.61. The Morgan fingerprint density at radius 3 is 0.710 bits per heavy atom. The van der Waals surface area contributed by atoms with E-state index in [2.05, 4.69) is 0 Å². The molecule has 0 spiro atoms. The summed E-state index contributed by atoms with van der Waals surface area (Å²) in [5.41, 5.74) is -0.838. The number of esters is 14. The number of allylic oxidation sites excluding steroid dienone is 2. The van der Waals surface area contributed by atoms with Crippen molar-refractivity contribution in [3.8, 4) is 0 Å². The summed E-state index contributed by atoms with van der Waals surface area (Å²) in [7, 11) is 0. The lowest BCUT2D eigenvalue weighted by Gasteiger charge is -2.49. The molecule has 0 bridgehead atoms. The van der Waals surface area contributed by atoms with Crippen LogP contribution in [0.2, 0.25) is 0 Å². The fourth-order valence-electron chi connectivity index (χ4n) is 10.9. The molecule has 0 amide bonds. The van der Waals surface area contributed by atoms with E-state index in [9.17, 15) is 67.1 Å². The lowest BCUT2D eigenvalue weighted by molar-refractivity contribution is -0.360. The van der Waals surface area contributed by atoms with Crippen LogP contribution in [0.25, 0.3) is 0 Å². The van der Waals surface area contributed by atoms with Crippen LogP contribution in [-0.2, 0) is 171 Å². The molecule has 4 fully saturated rings. The molecule has 100 heavy (non-hydrogen) atoms. The minimum atomic E-state index is -2.40. The van der Waals surface area contributed by atoms with E-state index in [0.717, 1.165) is 109 Å². The Morgan fingerprint density at radius 1 is 0.270 bits per heavy atom. The van der Waals surface area contributed by atoms with E-state index in [1.54, 1.807) is 0 Å². The molecule has 1 aromatic rings. The van der Waals surface area contributed by atoms with Gasteiger partial charge in [0.25, 0.3) is 0 Å². The van der Waals surface area contributed by atoms with E-state index in [-0.39, 0.29) is 0 Å². The Hall–Kier alpha value is -9.76. The Morgan fingerprint density at radius 2 is 0.470 bits per heavy atom. The van der Waals surface area contributed by atoms with E-state index in [0.29, 0.717) is 0 Å². The SMILES string of the molecule is CC(=O)OCC1OC(OC2C(COC(C)=O)OC(OC3=C(OC4OC(COC(C)=O)C(OC5OC(COC(C)=O)C(OC(C)=O)C(OC(C)=O)C5OC(C)=O)C(OC(C)=O)C4OC(C)=O)C(=O)c4ccccc4C3=O)C(OC(C)=O)C2OC(C)=O)C(OC(C)=O)C(OC(C)=O)C1OC(C)=O. The van der Waals surface area contributed by atoms with E-state index in [1.807, 2.05) is 0 Å². The van der Waals surface area contributed by atoms with Gasteiger partial charge in [0.15, 0.2) is 61.4 Å². The first kappa shape index (κ1) is 79.2. The molecule has 38 heteroatoms. The van der Waals surface area contributed by atoms with Crippen molar-refractivity contribution in [1.82, 2.24) is 0 Å². The first-order valence-electron chi connectivity index (χ1n) is 30.4. The van der Waals surface area contributed by atoms with Gasteiger partial charge in [0.2, 0.25) is 47.9 Å². The second-order valence-corrected chi connectivity index (χ2v) is 22.4. The van der Waals surface area contributed by atoms with Crippen molar-refractivity contribution in [2.45, 2.75) is 220 Å². The molecule has 0 aromatic heterocycles. The van der Waals surface area contributed by atoms with Crippen molar-refractivity contribution in [1.29, 1.82) is 0 Å². The molecular formula is C62H74O38. The number of rotatable bonds is 26. The Balaban J connectivity index is 1.55. The fourth-order valence-corrected chi connectivity index (χ4v) is 10.9. The number of benzene rings is 1. The van der Waals surface area contributed by atoms with E-state index in [1.165, 1.54) is 12.1 Å². The van der Waals surface area contributed by atoms with Crippen LogP contribution in [0.15, 0.2) is 35.8 Å². The number of ether oxygens (including phenoxy) is 22. The smallest absolute Gasteiger partial charge is 0.303 e. The van der Waals surface area contributed by atoms with Gasteiger partial charge in [-0.15, -0.1) is 0 Å². The summed E-state index contributed by atoms with van der Waals surface area (Å²) in [5, 5.41) is 0. The lowest BCUT2D eigenvalue weighted by Crippen LogP contribution is -2.67. The first-order chi connectivity index (χ1) is 46.9. The van der Waals surface area contributed by atoms with Crippen molar-refractivity contribution in [3.05, 3.63) is 46.9 Å². The van der Waals surface area contributed by atoms with Crippen LogP contribution >= 0.6 is 0 Å². The van der Waals surface area contributed by atoms with Gasteiger partial charge in [-0.05, 0) is 0 Å². The number of fused-ring (bicyclic) bond motifs is 1. The topological polar surface area (TPSA) is 476 Å². The summed E-state index contributed by atoms with van der Waals surface area (Å²) in [5.74, 6) is -19.9. The summed E-state index contributed by atoms with van der Waals surface area (Å²) in [6.45, 7) is 9.36. The van der Waals surface area contributed by atoms with Crippen molar-refractivity contribution < 1.29 is 181 Å². The molecule has 4 aliphatic heterocycles. The predicted molar refractivity (Wildman–Crippen MR) is 311 cm³/mol. The molecular weight excluding hydrogens is 1350 g/mol. The van der Waals surface area contributed by atoms with Gasteiger partial charge in [-0.25, -0.2) is 0 Å². The molecule has 6 rings (SSSR count). The monoisotopic (exact) mass is 1430 g/mol. The average Bonchev–Trinajstić information content (AvgIpc) is 0.756. The van der Waals surface area contributed by atoms with Crippen LogP contribution in [0, 0.1) is 0 Å². The van der Waals surface area contributed by atoms with Crippen molar-refractivity contribution in [3.63, 3.8) is 0 Å². The molecule has 550 valence electrons. The summed E-state index contributed by atoms with van der Waals surface area (Å²) >= 11 is 0. The number of Topliss-reactive ketones (excluding diaryl/α,β-unsaturated/α-hetero) is 2.